The molecule has 0 atom stereocenters. The standard InChI is InChI=1S/C48H76N2.Ni/c1-4-7-10-11-12-13-14-15-16-17-18-19-20-21-22-23-24-25-26-27-29-31-42-36-38-44(39-37-42)48-46(34-9-6-3)41-47(50(48)49)45-35-30-33-43(40-45)32-28-8-5-2;/h30,33,35-41H,4-29,31-32,34H2,1-3H3;. The fourth-order valence-electron chi connectivity index (χ4n) is 7.68. The summed E-state index contributed by atoms with van der Waals surface area (Å²) >= 11 is 0. The summed E-state index contributed by atoms with van der Waals surface area (Å²) in [5.41, 5.74) is 19.6. The summed E-state index contributed by atoms with van der Waals surface area (Å²) in [5.74, 6) is 0. The van der Waals surface area contributed by atoms with E-state index < -0.39 is 0 Å². The largest absolute Gasteiger partial charge is 0.493 e. The molecule has 0 N–H and O–H groups in total. The number of unbranched alkanes of at least 4 members (excludes halogenated alkanes) is 23. The summed E-state index contributed by atoms with van der Waals surface area (Å²) in [6, 6.07) is 17.8. The van der Waals surface area contributed by atoms with Gasteiger partial charge in [0.05, 0.1) is 0 Å². The first-order valence-corrected chi connectivity index (χ1v) is 21.8. The van der Waals surface area contributed by atoms with E-state index in [2.05, 4.69) is 75.4 Å². The van der Waals surface area contributed by atoms with Gasteiger partial charge in [0.1, 0.15) is 0 Å². The molecule has 0 aliphatic carbocycles. The van der Waals surface area contributed by atoms with Crippen LogP contribution < -0.4 is 0 Å². The van der Waals surface area contributed by atoms with Crippen molar-refractivity contribution in [2.45, 2.75) is 207 Å². The maximum Gasteiger partial charge on any atom is 0.210 e. The molecule has 0 saturated carbocycles. The van der Waals surface area contributed by atoms with Crippen LogP contribution in [0.3, 0.4) is 0 Å². The first-order valence-electron chi connectivity index (χ1n) is 21.8. The van der Waals surface area contributed by atoms with Crippen LogP contribution in [0.25, 0.3) is 16.9 Å². The third-order valence-corrected chi connectivity index (χ3v) is 10.9. The molecule has 1 aliphatic heterocycles. The molecule has 0 amide bonds. The maximum absolute atomic E-state index is 11.5. The monoisotopic (exact) mass is 739 g/mol. The van der Waals surface area contributed by atoms with E-state index >= 15 is 0 Å². The van der Waals surface area contributed by atoms with E-state index in [9.17, 15) is 5.53 Å². The minimum absolute atomic E-state index is 0. The zero-order chi connectivity index (χ0) is 35.5. The maximum atomic E-state index is 11.5. The van der Waals surface area contributed by atoms with Crippen molar-refractivity contribution in [3.05, 3.63) is 88.0 Å². The molecule has 0 fully saturated rings. The molecular formula is C48H76N2Ni. The van der Waals surface area contributed by atoms with Crippen LogP contribution in [-0.4, -0.2) is 4.70 Å². The van der Waals surface area contributed by atoms with Gasteiger partial charge < -0.3 is 5.53 Å². The molecule has 288 valence electrons. The molecule has 2 aromatic rings. The summed E-state index contributed by atoms with van der Waals surface area (Å²) in [7, 11) is 0. The van der Waals surface area contributed by atoms with Crippen molar-refractivity contribution in [1.29, 1.82) is 0 Å². The zero-order valence-corrected chi connectivity index (χ0v) is 34.4. The molecule has 1 heterocycles. The van der Waals surface area contributed by atoms with Crippen molar-refractivity contribution in [2.75, 3.05) is 0 Å². The minimum atomic E-state index is 0. The fraction of sp³-hybridized carbons (Fsp3) is 0.667. The smallest absolute Gasteiger partial charge is 0.210 e. The number of aryl methyl sites for hydroxylation is 2. The minimum Gasteiger partial charge on any atom is -0.493 e. The molecule has 0 aromatic heterocycles. The number of hydrogen-bond acceptors (Lipinski definition) is 0. The number of rotatable bonds is 31. The van der Waals surface area contributed by atoms with Crippen molar-refractivity contribution < 1.29 is 21.2 Å². The van der Waals surface area contributed by atoms with Crippen LogP contribution >= 0.6 is 0 Å². The van der Waals surface area contributed by atoms with Gasteiger partial charge in [-0.3, -0.25) is 0 Å². The van der Waals surface area contributed by atoms with Crippen molar-refractivity contribution in [3.63, 3.8) is 0 Å². The Balaban J connectivity index is 0.00000901. The topological polar surface area (TPSA) is 25.3 Å². The van der Waals surface area contributed by atoms with Crippen LogP contribution in [0, 0.1) is 0 Å². The Bertz CT molecular complexity index is 1240. The van der Waals surface area contributed by atoms with Crippen LogP contribution in [-0.2, 0) is 29.3 Å². The second-order valence-corrected chi connectivity index (χ2v) is 15.5. The summed E-state index contributed by atoms with van der Waals surface area (Å²) in [6.07, 6.45) is 41.5. The van der Waals surface area contributed by atoms with Crippen molar-refractivity contribution in [3.8, 4) is 0 Å². The second kappa shape index (κ2) is 29.5. The van der Waals surface area contributed by atoms with Crippen LogP contribution in [0.1, 0.15) is 216 Å². The molecule has 3 heteroatoms. The molecule has 2 nitrogen and oxygen atoms in total. The SMILES string of the molecule is CCCCCCCCCCCCCCCCCCCCCCCc1ccc(C2=C(CCCC)C=C(c3cccc(CCCCC)c3)[N+]2=[N-])cc1.[Ni]. The molecule has 51 heavy (non-hydrogen) atoms. The Morgan fingerprint density at radius 1 is 0.431 bits per heavy atom. The molecule has 0 spiro atoms. The molecule has 0 bridgehead atoms. The quantitative estimate of drug-likeness (QED) is 0.0418. The summed E-state index contributed by atoms with van der Waals surface area (Å²) in [6.45, 7) is 6.80. The van der Waals surface area contributed by atoms with E-state index in [1.165, 1.54) is 175 Å². The van der Waals surface area contributed by atoms with E-state index in [1.807, 2.05) is 0 Å². The van der Waals surface area contributed by atoms with E-state index in [-0.39, 0.29) is 16.5 Å². The van der Waals surface area contributed by atoms with E-state index in [4.69, 9.17) is 0 Å². The third-order valence-electron chi connectivity index (χ3n) is 10.9. The van der Waals surface area contributed by atoms with Crippen molar-refractivity contribution in [1.82, 2.24) is 0 Å². The average Bonchev–Trinajstić information content (AvgIpc) is 3.47. The normalized spacial score (nSPS) is 12.8. The van der Waals surface area contributed by atoms with Gasteiger partial charge in [0, 0.05) is 39.3 Å². The predicted octanol–water partition coefficient (Wildman–Crippen LogP) is 16.2. The van der Waals surface area contributed by atoms with Crippen molar-refractivity contribution in [2.24, 2.45) is 0 Å². The third kappa shape index (κ3) is 18.6. The molecule has 0 unspecified atom stereocenters. The Labute approximate surface area is 326 Å². The number of benzene rings is 2. The van der Waals surface area contributed by atoms with Gasteiger partial charge in [0.2, 0.25) is 11.4 Å². The summed E-state index contributed by atoms with van der Waals surface area (Å²) in [5, 5.41) is 0. The molecule has 0 saturated heterocycles. The van der Waals surface area contributed by atoms with E-state index in [0.717, 1.165) is 54.6 Å². The Kier molecular flexibility index (Phi) is 26.1. The molecule has 3 rings (SSSR count). The van der Waals surface area contributed by atoms with Gasteiger partial charge in [-0.1, -0.05) is 193 Å². The van der Waals surface area contributed by atoms with E-state index in [1.54, 1.807) is 0 Å². The average molecular weight is 740 g/mol. The number of hydrogen-bond donors (Lipinski definition) is 0. The van der Waals surface area contributed by atoms with Crippen molar-refractivity contribution >= 4 is 11.4 Å². The van der Waals surface area contributed by atoms with Gasteiger partial charge in [-0.25, -0.2) is 4.70 Å². The van der Waals surface area contributed by atoms with Gasteiger partial charge in [0.25, 0.3) is 0 Å². The van der Waals surface area contributed by atoms with E-state index in [0.29, 0.717) is 0 Å². The fourth-order valence-corrected chi connectivity index (χ4v) is 7.68. The zero-order valence-electron chi connectivity index (χ0n) is 33.4. The Morgan fingerprint density at radius 3 is 1.37 bits per heavy atom. The first-order chi connectivity index (χ1) is 24.7. The summed E-state index contributed by atoms with van der Waals surface area (Å²) in [4.78, 5) is 0. The number of allylic oxidation sites excluding steroid dienone is 2. The number of nitrogens with zero attached hydrogens (tertiary/aromatic N) is 2. The Hall–Kier alpha value is -1.99. The van der Waals surface area contributed by atoms with Gasteiger partial charge >= 0.3 is 0 Å². The molecule has 2 aromatic carbocycles. The predicted molar refractivity (Wildman–Crippen MR) is 220 cm³/mol. The first kappa shape index (κ1) is 45.2. The van der Waals surface area contributed by atoms with Crippen LogP contribution in [0.2, 0.25) is 0 Å². The van der Waals surface area contributed by atoms with Crippen LogP contribution in [0.15, 0.2) is 60.2 Å². The molecule has 1 aliphatic rings. The van der Waals surface area contributed by atoms with Gasteiger partial charge in [-0.15, -0.1) is 0 Å². The Morgan fingerprint density at radius 2 is 0.863 bits per heavy atom. The van der Waals surface area contributed by atoms with Gasteiger partial charge in [-0.05, 0) is 73.9 Å². The van der Waals surface area contributed by atoms with Gasteiger partial charge in [-0.2, -0.15) is 0 Å². The second-order valence-electron chi connectivity index (χ2n) is 15.5. The molecule has 0 radical (unpaired) electrons. The van der Waals surface area contributed by atoms with Crippen LogP contribution in [0.5, 0.6) is 0 Å². The molecular weight excluding hydrogens is 663 g/mol. The summed E-state index contributed by atoms with van der Waals surface area (Å²) < 4.78 is 1.46. The van der Waals surface area contributed by atoms with Crippen LogP contribution in [0.4, 0.5) is 0 Å². The van der Waals surface area contributed by atoms with Gasteiger partial charge in [0.15, 0.2) is 0 Å².